The van der Waals surface area contributed by atoms with Crippen LogP contribution in [0.25, 0.3) is 11.1 Å². The molecule has 0 bridgehead atoms. The molecule has 0 amide bonds. The Labute approximate surface area is 144 Å². The van der Waals surface area contributed by atoms with Crippen LogP contribution in [0.15, 0.2) is 46.0 Å². The maximum absolute atomic E-state index is 14.7. The minimum atomic E-state index is -1.30. The van der Waals surface area contributed by atoms with Gasteiger partial charge < -0.3 is 4.42 Å². The monoisotopic (exact) mass is 345 g/mol. The largest absolute Gasteiger partial charge is 0.441 e. The van der Waals surface area contributed by atoms with Crippen molar-refractivity contribution in [2.45, 2.75) is 43.2 Å². The van der Waals surface area contributed by atoms with Crippen LogP contribution >= 0.6 is 11.8 Å². The van der Waals surface area contributed by atoms with Gasteiger partial charge in [0, 0.05) is 30.1 Å². The number of hydrogen-bond donors (Lipinski definition) is 0. The highest BCUT2D eigenvalue weighted by molar-refractivity contribution is 7.98. The number of rotatable bonds is 7. The smallest absolute Gasteiger partial charge is 0.195 e. The normalized spacial score (nSPS) is 14.0. The van der Waals surface area contributed by atoms with Crippen LogP contribution < -0.4 is 0 Å². The Morgan fingerprint density at radius 1 is 1.12 bits per heavy atom. The molecule has 0 saturated carbocycles. The molecular formula is C18H20FN3OS. The summed E-state index contributed by atoms with van der Waals surface area (Å²) in [6, 6.07) is 7.58. The first-order valence-electron chi connectivity index (χ1n) is 7.94. The van der Waals surface area contributed by atoms with Gasteiger partial charge in [0.05, 0.1) is 0 Å². The Morgan fingerprint density at radius 3 is 2.54 bits per heavy atom. The van der Waals surface area contributed by atoms with Crippen molar-refractivity contribution in [3.63, 3.8) is 0 Å². The second-order valence-electron chi connectivity index (χ2n) is 6.03. The van der Waals surface area contributed by atoms with E-state index in [1.165, 1.54) is 0 Å². The first kappa shape index (κ1) is 16.9. The molecule has 6 heteroatoms. The third-order valence-electron chi connectivity index (χ3n) is 3.99. The van der Waals surface area contributed by atoms with Gasteiger partial charge in [-0.2, -0.15) is 0 Å². The molecule has 0 radical (unpaired) electrons. The van der Waals surface area contributed by atoms with Crippen LogP contribution in [0, 0.1) is 0 Å². The van der Waals surface area contributed by atoms with Crippen molar-refractivity contribution in [1.29, 1.82) is 0 Å². The quantitative estimate of drug-likeness (QED) is 0.584. The highest BCUT2D eigenvalue weighted by atomic mass is 32.2. The number of halogens is 1. The standard InChI is InChI=1S/C18H20FN3OS/c1-18(19,9-7-16-20-11-13(24-2)12-21-16)10-8-17-22-14-5-3-4-6-15(14)23-17/h3-6,11-12H,7-10H2,1-2H3. The molecule has 3 aromatic rings. The Morgan fingerprint density at radius 2 is 1.83 bits per heavy atom. The molecule has 3 rings (SSSR count). The molecule has 1 atom stereocenters. The van der Waals surface area contributed by atoms with E-state index in [4.69, 9.17) is 4.42 Å². The van der Waals surface area contributed by atoms with E-state index in [9.17, 15) is 4.39 Å². The van der Waals surface area contributed by atoms with Gasteiger partial charge in [-0.05, 0) is 38.2 Å². The third-order valence-corrected chi connectivity index (χ3v) is 4.67. The molecule has 0 aliphatic heterocycles. The van der Waals surface area contributed by atoms with Crippen LogP contribution in [0.4, 0.5) is 4.39 Å². The van der Waals surface area contributed by atoms with Crippen LogP contribution in [-0.4, -0.2) is 26.9 Å². The second kappa shape index (κ2) is 7.30. The average molecular weight is 345 g/mol. The number of hydrogen-bond acceptors (Lipinski definition) is 5. The number of thioether (sulfide) groups is 1. The van der Waals surface area contributed by atoms with Gasteiger partial charge in [-0.1, -0.05) is 12.1 Å². The van der Waals surface area contributed by atoms with E-state index in [-0.39, 0.29) is 0 Å². The second-order valence-corrected chi connectivity index (χ2v) is 6.91. The molecule has 0 spiro atoms. The van der Waals surface area contributed by atoms with Crippen LogP contribution in [0.3, 0.4) is 0 Å². The van der Waals surface area contributed by atoms with E-state index in [2.05, 4.69) is 15.0 Å². The van der Waals surface area contributed by atoms with E-state index >= 15 is 0 Å². The molecule has 0 saturated heterocycles. The van der Waals surface area contributed by atoms with E-state index in [1.54, 1.807) is 31.1 Å². The van der Waals surface area contributed by atoms with Crippen molar-refractivity contribution in [2.24, 2.45) is 0 Å². The molecule has 4 nitrogen and oxygen atoms in total. The predicted molar refractivity (Wildman–Crippen MR) is 94.0 cm³/mol. The van der Waals surface area contributed by atoms with Crippen molar-refractivity contribution < 1.29 is 8.81 Å². The molecule has 1 aromatic carbocycles. The number of benzene rings is 1. The molecule has 0 N–H and O–H groups in total. The van der Waals surface area contributed by atoms with Crippen LogP contribution in [-0.2, 0) is 12.8 Å². The summed E-state index contributed by atoms with van der Waals surface area (Å²) in [4.78, 5) is 13.9. The lowest BCUT2D eigenvalue weighted by Crippen LogP contribution is -2.20. The third kappa shape index (κ3) is 4.32. The Kier molecular flexibility index (Phi) is 5.14. The van der Waals surface area contributed by atoms with Gasteiger partial charge in [0.1, 0.15) is 17.0 Å². The van der Waals surface area contributed by atoms with E-state index < -0.39 is 5.67 Å². The zero-order chi connectivity index (χ0) is 17.0. The first-order valence-corrected chi connectivity index (χ1v) is 9.16. The minimum Gasteiger partial charge on any atom is -0.441 e. The molecule has 126 valence electrons. The van der Waals surface area contributed by atoms with Crippen molar-refractivity contribution >= 4 is 22.9 Å². The SMILES string of the molecule is CSc1cnc(CCC(C)(F)CCc2nc3ccccc3o2)nc1. The van der Waals surface area contributed by atoms with Gasteiger partial charge in [-0.15, -0.1) is 11.8 Å². The fourth-order valence-corrected chi connectivity index (χ4v) is 2.79. The molecule has 2 heterocycles. The number of oxazole rings is 1. The maximum atomic E-state index is 14.7. The molecule has 2 aromatic heterocycles. The summed E-state index contributed by atoms with van der Waals surface area (Å²) < 4.78 is 20.4. The van der Waals surface area contributed by atoms with Crippen molar-refractivity contribution in [2.75, 3.05) is 6.26 Å². The zero-order valence-corrected chi connectivity index (χ0v) is 14.6. The number of para-hydroxylation sites is 2. The van der Waals surface area contributed by atoms with E-state index in [0.717, 1.165) is 16.0 Å². The van der Waals surface area contributed by atoms with Crippen molar-refractivity contribution in [3.05, 3.63) is 48.4 Å². The van der Waals surface area contributed by atoms with Crippen molar-refractivity contribution in [3.8, 4) is 0 Å². The predicted octanol–water partition coefficient (Wildman–Crippen LogP) is 4.63. The van der Waals surface area contributed by atoms with Crippen LogP contribution in [0.1, 0.15) is 31.5 Å². The number of nitrogens with zero attached hydrogens (tertiary/aromatic N) is 3. The van der Waals surface area contributed by atoms with Crippen LogP contribution in [0.2, 0.25) is 0 Å². The molecule has 0 aliphatic rings. The molecule has 0 aliphatic carbocycles. The lowest BCUT2D eigenvalue weighted by molar-refractivity contribution is 0.158. The maximum Gasteiger partial charge on any atom is 0.195 e. The summed E-state index contributed by atoms with van der Waals surface area (Å²) in [5.41, 5.74) is 0.257. The Bertz CT molecular complexity index is 768. The topological polar surface area (TPSA) is 51.8 Å². The number of alkyl halides is 1. The summed E-state index contributed by atoms with van der Waals surface area (Å²) in [6.07, 6.45) is 7.28. The lowest BCUT2D eigenvalue weighted by atomic mass is 9.96. The van der Waals surface area contributed by atoms with Gasteiger partial charge in [0.2, 0.25) is 0 Å². The van der Waals surface area contributed by atoms with Gasteiger partial charge in [0.15, 0.2) is 11.5 Å². The summed E-state index contributed by atoms with van der Waals surface area (Å²) in [7, 11) is 0. The van der Waals surface area contributed by atoms with Gasteiger partial charge in [-0.25, -0.2) is 19.3 Å². The van der Waals surface area contributed by atoms with Crippen molar-refractivity contribution in [1.82, 2.24) is 15.0 Å². The van der Waals surface area contributed by atoms with Crippen LogP contribution in [0.5, 0.6) is 0 Å². The fourth-order valence-electron chi connectivity index (χ4n) is 2.47. The van der Waals surface area contributed by atoms with Gasteiger partial charge >= 0.3 is 0 Å². The Hall–Kier alpha value is -1.95. The fraction of sp³-hybridized carbons (Fsp3) is 0.389. The Balaban J connectivity index is 1.54. The number of fused-ring (bicyclic) bond motifs is 1. The average Bonchev–Trinajstić information content (AvgIpc) is 3.02. The molecular weight excluding hydrogens is 325 g/mol. The summed E-state index contributed by atoms with van der Waals surface area (Å²) in [5.74, 6) is 1.26. The van der Waals surface area contributed by atoms with Gasteiger partial charge in [-0.3, -0.25) is 0 Å². The molecule has 24 heavy (non-hydrogen) atoms. The molecule has 0 fully saturated rings. The van der Waals surface area contributed by atoms with E-state index in [0.29, 0.717) is 37.4 Å². The summed E-state index contributed by atoms with van der Waals surface area (Å²) >= 11 is 1.59. The van der Waals surface area contributed by atoms with Gasteiger partial charge in [0.25, 0.3) is 0 Å². The highest BCUT2D eigenvalue weighted by Gasteiger charge is 2.24. The zero-order valence-electron chi connectivity index (χ0n) is 13.8. The minimum absolute atomic E-state index is 0.364. The van der Waals surface area contributed by atoms with E-state index in [1.807, 2.05) is 30.5 Å². The number of aromatic nitrogens is 3. The summed E-state index contributed by atoms with van der Waals surface area (Å²) in [5, 5.41) is 0. The number of aryl methyl sites for hydroxylation is 2. The lowest BCUT2D eigenvalue weighted by Gasteiger charge is -2.18. The first-order chi connectivity index (χ1) is 11.6. The summed E-state index contributed by atoms with van der Waals surface area (Å²) in [6.45, 7) is 1.62. The highest BCUT2D eigenvalue weighted by Crippen LogP contribution is 2.25. The molecule has 1 unspecified atom stereocenters.